The van der Waals surface area contributed by atoms with Crippen LogP contribution in [-0.4, -0.2) is 25.3 Å². The van der Waals surface area contributed by atoms with Gasteiger partial charge < -0.3 is 15.2 Å². The monoisotopic (exact) mass is 271 g/mol. The van der Waals surface area contributed by atoms with Gasteiger partial charge in [-0.05, 0) is 60.3 Å². The molecular weight excluding hydrogens is 250 g/mol. The molecule has 1 aliphatic heterocycles. The number of fused-ring (bicyclic) bond motifs is 1. The number of aliphatic hydroxyl groups is 1. The van der Waals surface area contributed by atoms with Crippen LogP contribution in [0.5, 0.6) is 5.75 Å². The van der Waals surface area contributed by atoms with Gasteiger partial charge in [0.2, 0.25) is 0 Å². The second kappa shape index (κ2) is 5.81. The van der Waals surface area contributed by atoms with Crippen molar-refractivity contribution in [2.24, 2.45) is 5.92 Å². The highest BCUT2D eigenvalue weighted by molar-refractivity contribution is 5.87. The Morgan fingerprint density at radius 1 is 1.20 bits per heavy atom. The normalized spacial score (nSPS) is 18.1. The van der Waals surface area contributed by atoms with Gasteiger partial charge in [0.05, 0.1) is 13.2 Å². The molecule has 0 saturated carbocycles. The summed E-state index contributed by atoms with van der Waals surface area (Å²) in [5.74, 6) is 1.18. The Morgan fingerprint density at radius 3 is 2.75 bits per heavy atom. The van der Waals surface area contributed by atoms with Crippen molar-refractivity contribution in [2.75, 3.05) is 20.2 Å². The van der Waals surface area contributed by atoms with Gasteiger partial charge in [0.25, 0.3) is 0 Å². The molecule has 0 radical (unpaired) electrons. The minimum atomic E-state index is -0.395. The van der Waals surface area contributed by atoms with Crippen molar-refractivity contribution in [2.45, 2.75) is 18.9 Å². The summed E-state index contributed by atoms with van der Waals surface area (Å²) >= 11 is 0. The fraction of sp³-hybridized carbons (Fsp3) is 0.412. The Balaban J connectivity index is 2.00. The fourth-order valence-electron chi connectivity index (χ4n) is 3.07. The summed E-state index contributed by atoms with van der Waals surface area (Å²) < 4.78 is 5.31. The molecule has 0 amide bonds. The first-order valence-corrected chi connectivity index (χ1v) is 7.25. The molecule has 2 aromatic rings. The van der Waals surface area contributed by atoms with Crippen LogP contribution in [0.4, 0.5) is 0 Å². The van der Waals surface area contributed by atoms with E-state index in [1.165, 1.54) is 0 Å². The Hall–Kier alpha value is -1.58. The zero-order valence-electron chi connectivity index (χ0n) is 11.8. The fourth-order valence-corrected chi connectivity index (χ4v) is 3.07. The van der Waals surface area contributed by atoms with Crippen molar-refractivity contribution in [1.82, 2.24) is 5.32 Å². The van der Waals surface area contributed by atoms with E-state index >= 15 is 0 Å². The first kappa shape index (κ1) is 13.4. The third kappa shape index (κ3) is 2.51. The van der Waals surface area contributed by atoms with Gasteiger partial charge in [0, 0.05) is 0 Å². The van der Waals surface area contributed by atoms with Crippen LogP contribution in [0.3, 0.4) is 0 Å². The molecule has 1 heterocycles. The molecule has 2 N–H and O–H groups in total. The molecule has 2 aromatic carbocycles. The van der Waals surface area contributed by atoms with Gasteiger partial charge in [0.15, 0.2) is 0 Å². The van der Waals surface area contributed by atoms with Gasteiger partial charge in [-0.25, -0.2) is 0 Å². The van der Waals surface area contributed by atoms with Crippen LogP contribution in [0.1, 0.15) is 24.5 Å². The van der Waals surface area contributed by atoms with E-state index in [0.29, 0.717) is 5.92 Å². The third-order valence-electron chi connectivity index (χ3n) is 4.27. The Kier molecular flexibility index (Phi) is 3.90. The quantitative estimate of drug-likeness (QED) is 0.902. The summed E-state index contributed by atoms with van der Waals surface area (Å²) in [6.45, 7) is 1.99. The maximum Gasteiger partial charge on any atom is 0.119 e. The van der Waals surface area contributed by atoms with Gasteiger partial charge in [-0.3, -0.25) is 0 Å². The zero-order valence-corrected chi connectivity index (χ0v) is 11.8. The predicted molar refractivity (Wildman–Crippen MR) is 81.1 cm³/mol. The first-order valence-electron chi connectivity index (χ1n) is 7.25. The molecule has 1 aliphatic rings. The van der Waals surface area contributed by atoms with Crippen LogP contribution in [0.15, 0.2) is 36.4 Å². The Labute approximate surface area is 119 Å². The number of aliphatic hydroxyl groups excluding tert-OH is 1. The number of hydrogen-bond donors (Lipinski definition) is 2. The molecular formula is C17H21NO2. The number of hydrogen-bond acceptors (Lipinski definition) is 3. The van der Waals surface area contributed by atoms with E-state index in [0.717, 1.165) is 48.0 Å². The van der Waals surface area contributed by atoms with Crippen molar-refractivity contribution in [3.8, 4) is 5.75 Å². The van der Waals surface area contributed by atoms with Crippen LogP contribution in [0, 0.1) is 5.92 Å². The number of ether oxygens (including phenoxy) is 1. The van der Waals surface area contributed by atoms with E-state index in [-0.39, 0.29) is 0 Å². The Bertz CT molecular complexity index is 591. The average Bonchev–Trinajstić information content (AvgIpc) is 2.54. The minimum absolute atomic E-state index is 0.341. The Morgan fingerprint density at radius 2 is 2.00 bits per heavy atom. The van der Waals surface area contributed by atoms with E-state index in [4.69, 9.17) is 4.74 Å². The molecule has 20 heavy (non-hydrogen) atoms. The van der Waals surface area contributed by atoms with Crippen molar-refractivity contribution >= 4 is 10.8 Å². The lowest BCUT2D eigenvalue weighted by Crippen LogP contribution is -2.30. The van der Waals surface area contributed by atoms with E-state index < -0.39 is 6.10 Å². The summed E-state index contributed by atoms with van der Waals surface area (Å²) in [4.78, 5) is 0. The molecule has 3 rings (SSSR count). The maximum atomic E-state index is 10.7. The van der Waals surface area contributed by atoms with Crippen LogP contribution >= 0.6 is 0 Å². The summed E-state index contributed by atoms with van der Waals surface area (Å²) in [7, 11) is 1.67. The van der Waals surface area contributed by atoms with Crippen molar-refractivity contribution in [1.29, 1.82) is 0 Å². The molecule has 0 spiro atoms. The van der Waals surface area contributed by atoms with Gasteiger partial charge in [-0.1, -0.05) is 24.3 Å². The molecule has 1 atom stereocenters. The second-order valence-corrected chi connectivity index (χ2v) is 5.47. The maximum absolute atomic E-state index is 10.7. The minimum Gasteiger partial charge on any atom is -0.497 e. The molecule has 0 aromatic heterocycles. The van der Waals surface area contributed by atoms with E-state index in [1.54, 1.807) is 7.11 Å². The molecule has 3 heteroatoms. The lowest BCUT2D eigenvalue weighted by atomic mass is 9.86. The van der Waals surface area contributed by atoms with Gasteiger partial charge in [0.1, 0.15) is 5.75 Å². The van der Waals surface area contributed by atoms with Crippen LogP contribution < -0.4 is 10.1 Å². The van der Waals surface area contributed by atoms with Crippen molar-refractivity contribution < 1.29 is 9.84 Å². The van der Waals surface area contributed by atoms with Crippen molar-refractivity contribution in [3.05, 3.63) is 42.0 Å². The highest BCUT2D eigenvalue weighted by Crippen LogP contribution is 2.34. The summed E-state index contributed by atoms with van der Waals surface area (Å²) in [5, 5.41) is 16.3. The van der Waals surface area contributed by atoms with Crippen molar-refractivity contribution in [3.63, 3.8) is 0 Å². The van der Waals surface area contributed by atoms with Gasteiger partial charge >= 0.3 is 0 Å². The summed E-state index contributed by atoms with van der Waals surface area (Å²) in [6, 6.07) is 12.2. The molecule has 106 valence electrons. The van der Waals surface area contributed by atoms with Crippen LogP contribution in [-0.2, 0) is 0 Å². The molecule has 0 aliphatic carbocycles. The average molecular weight is 271 g/mol. The highest BCUT2D eigenvalue weighted by atomic mass is 16.5. The van der Waals surface area contributed by atoms with E-state index in [2.05, 4.69) is 11.4 Å². The van der Waals surface area contributed by atoms with Crippen LogP contribution in [0.2, 0.25) is 0 Å². The molecule has 0 bridgehead atoms. The van der Waals surface area contributed by atoms with Gasteiger partial charge in [-0.2, -0.15) is 0 Å². The number of nitrogens with one attached hydrogen (secondary N) is 1. The first-order chi connectivity index (χ1) is 9.79. The number of rotatable bonds is 3. The summed E-state index contributed by atoms with van der Waals surface area (Å²) in [5.41, 5.74) is 1.02. The zero-order chi connectivity index (χ0) is 13.9. The predicted octanol–water partition coefficient (Wildman–Crippen LogP) is 2.88. The lowest BCUT2D eigenvalue weighted by molar-refractivity contribution is 0.0902. The lowest BCUT2D eigenvalue weighted by Gasteiger charge is -2.28. The third-order valence-corrected chi connectivity index (χ3v) is 4.27. The summed E-state index contributed by atoms with van der Waals surface area (Å²) in [6.07, 6.45) is 1.66. The molecule has 1 fully saturated rings. The smallest absolute Gasteiger partial charge is 0.119 e. The van der Waals surface area contributed by atoms with E-state index in [1.807, 2.05) is 30.3 Å². The SMILES string of the molecule is COc1ccc2cccc(C(O)C3CCNCC3)c2c1. The van der Waals surface area contributed by atoms with Gasteiger partial charge in [-0.15, -0.1) is 0 Å². The molecule has 3 nitrogen and oxygen atoms in total. The number of benzene rings is 2. The molecule has 1 saturated heterocycles. The largest absolute Gasteiger partial charge is 0.497 e. The van der Waals surface area contributed by atoms with E-state index in [9.17, 15) is 5.11 Å². The standard InChI is InChI=1S/C17H21NO2/c1-20-14-6-5-12-3-2-4-15(16(12)11-14)17(19)13-7-9-18-10-8-13/h2-6,11,13,17-19H,7-10H2,1H3. The second-order valence-electron chi connectivity index (χ2n) is 5.47. The highest BCUT2D eigenvalue weighted by Gasteiger charge is 2.24. The number of piperidine rings is 1. The molecule has 1 unspecified atom stereocenters. The topological polar surface area (TPSA) is 41.5 Å². The number of methoxy groups -OCH3 is 1. The van der Waals surface area contributed by atoms with Crippen LogP contribution in [0.25, 0.3) is 10.8 Å².